The van der Waals surface area contributed by atoms with Crippen molar-refractivity contribution in [3.05, 3.63) is 63.6 Å². The van der Waals surface area contributed by atoms with Crippen molar-refractivity contribution >= 4 is 23.2 Å². The first-order valence-electron chi connectivity index (χ1n) is 6.75. The minimum absolute atomic E-state index is 0.355. The van der Waals surface area contributed by atoms with Gasteiger partial charge in [-0.2, -0.15) is 0 Å². The first kappa shape index (κ1) is 16.2. The van der Waals surface area contributed by atoms with Gasteiger partial charge in [-0.15, -0.1) is 0 Å². The van der Waals surface area contributed by atoms with E-state index < -0.39 is 0 Å². The van der Waals surface area contributed by atoms with Gasteiger partial charge in [0, 0.05) is 5.54 Å². The molecule has 21 heavy (non-hydrogen) atoms. The first-order chi connectivity index (χ1) is 9.89. The minimum atomic E-state index is -0.355. The Morgan fingerprint density at radius 2 is 1.52 bits per heavy atom. The molecule has 2 nitrogen and oxygen atoms in total. The molecule has 2 rings (SSSR count). The number of halogens is 2. The molecule has 2 N–H and O–H groups in total. The van der Waals surface area contributed by atoms with E-state index >= 15 is 0 Å². The van der Waals surface area contributed by atoms with E-state index in [1.54, 1.807) is 7.11 Å². The molecule has 4 heteroatoms. The van der Waals surface area contributed by atoms with Gasteiger partial charge in [0.25, 0.3) is 0 Å². The van der Waals surface area contributed by atoms with Gasteiger partial charge in [0.05, 0.1) is 17.2 Å². The van der Waals surface area contributed by atoms with E-state index in [4.69, 9.17) is 33.7 Å². The van der Waals surface area contributed by atoms with Crippen molar-refractivity contribution in [3.8, 4) is 5.75 Å². The van der Waals surface area contributed by atoms with Crippen LogP contribution in [-0.2, 0) is 12.8 Å². The van der Waals surface area contributed by atoms with Crippen LogP contribution in [0.3, 0.4) is 0 Å². The van der Waals surface area contributed by atoms with Crippen LogP contribution in [0.2, 0.25) is 10.0 Å². The summed E-state index contributed by atoms with van der Waals surface area (Å²) in [6.07, 6.45) is 1.51. The SMILES string of the molecule is COc1ccc(CC(C)(N)Cc2ccc(Cl)c(Cl)c2)cc1. The monoisotopic (exact) mass is 323 g/mol. The van der Waals surface area contributed by atoms with E-state index in [-0.39, 0.29) is 5.54 Å². The third-order valence-corrected chi connectivity index (χ3v) is 4.10. The number of methoxy groups -OCH3 is 1. The standard InChI is InChI=1S/C17H19Cl2NO/c1-17(20,10-12-3-6-14(21-2)7-4-12)11-13-5-8-15(18)16(19)9-13/h3-9H,10-11,20H2,1-2H3. The van der Waals surface area contributed by atoms with Crippen LogP contribution in [0.1, 0.15) is 18.1 Å². The van der Waals surface area contributed by atoms with Crippen LogP contribution in [0.15, 0.2) is 42.5 Å². The van der Waals surface area contributed by atoms with Crippen molar-refractivity contribution in [1.29, 1.82) is 0 Å². The summed E-state index contributed by atoms with van der Waals surface area (Å²) in [5.41, 5.74) is 8.34. The highest BCUT2D eigenvalue weighted by atomic mass is 35.5. The Kier molecular flexibility index (Phi) is 5.15. The van der Waals surface area contributed by atoms with Crippen molar-refractivity contribution < 1.29 is 4.74 Å². The maximum atomic E-state index is 6.43. The number of nitrogens with two attached hydrogens (primary N) is 1. The van der Waals surface area contributed by atoms with E-state index in [0.717, 1.165) is 24.2 Å². The number of benzene rings is 2. The summed E-state index contributed by atoms with van der Waals surface area (Å²) in [5, 5.41) is 1.13. The van der Waals surface area contributed by atoms with Gasteiger partial charge in [-0.3, -0.25) is 0 Å². The van der Waals surface area contributed by atoms with Crippen molar-refractivity contribution in [1.82, 2.24) is 0 Å². The van der Waals surface area contributed by atoms with Gasteiger partial charge < -0.3 is 10.5 Å². The Hall–Kier alpha value is -1.22. The maximum absolute atomic E-state index is 6.43. The zero-order chi connectivity index (χ0) is 15.5. The van der Waals surface area contributed by atoms with Gasteiger partial charge in [-0.1, -0.05) is 41.4 Å². The molecule has 0 saturated heterocycles. The second-order valence-electron chi connectivity index (χ2n) is 5.60. The molecule has 112 valence electrons. The smallest absolute Gasteiger partial charge is 0.118 e. The fourth-order valence-electron chi connectivity index (χ4n) is 2.39. The molecule has 0 radical (unpaired) electrons. The molecule has 2 aromatic rings. The van der Waals surface area contributed by atoms with Crippen LogP contribution in [0.5, 0.6) is 5.75 Å². The van der Waals surface area contributed by atoms with Gasteiger partial charge in [-0.05, 0) is 55.2 Å². The van der Waals surface area contributed by atoms with Crippen LogP contribution < -0.4 is 10.5 Å². The van der Waals surface area contributed by atoms with E-state index in [1.807, 2.05) is 49.4 Å². The summed E-state index contributed by atoms with van der Waals surface area (Å²) in [6, 6.07) is 13.6. The minimum Gasteiger partial charge on any atom is -0.497 e. The Balaban J connectivity index is 2.07. The molecule has 0 aromatic heterocycles. The quantitative estimate of drug-likeness (QED) is 0.878. The highest BCUT2D eigenvalue weighted by molar-refractivity contribution is 6.42. The third-order valence-electron chi connectivity index (χ3n) is 3.36. The van der Waals surface area contributed by atoms with Crippen LogP contribution in [0, 0.1) is 0 Å². The Morgan fingerprint density at radius 1 is 0.952 bits per heavy atom. The van der Waals surface area contributed by atoms with E-state index in [2.05, 4.69) is 0 Å². The molecule has 0 aliphatic carbocycles. The Morgan fingerprint density at radius 3 is 2.10 bits per heavy atom. The first-order valence-corrected chi connectivity index (χ1v) is 7.51. The predicted molar refractivity (Wildman–Crippen MR) is 89.5 cm³/mol. The molecule has 1 unspecified atom stereocenters. The topological polar surface area (TPSA) is 35.2 Å². The summed E-state index contributed by atoms with van der Waals surface area (Å²) >= 11 is 12.0. The van der Waals surface area contributed by atoms with E-state index in [0.29, 0.717) is 10.0 Å². The third kappa shape index (κ3) is 4.63. The van der Waals surface area contributed by atoms with Crippen molar-refractivity contribution in [2.45, 2.75) is 25.3 Å². The fraction of sp³-hybridized carbons (Fsp3) is 0.294. The molecule has 1 atom stereocenters. The lowest BCUT2D eigenvalue weighted by atomic mass is 9.87. The molecule has 0 heterocycles. The Bertz CT molecular complexity index is 609. The number of ether oxygens (including phenoxy) is 1. The molecule has 0 aliphatic heterocycles. The predicted octanol–water partition coefficient (Wildman–Crippen LogP) is 4.50. The lowest BCUT2D eigenvalue weighted by Crippen LogP contribution is -2.40. The summed E-state index contributed by atoms with van der Waals surface area (Å²) in [7, 11) is 1.66. The van der Waals surface area contributed by atoms with Gasteiger partial charge in [-0.25, -0.2) is 0 Å². The van der Waals surface area contributed by atoms with Crippen LogP contribution in [0.4, 0.5) is 0 Å². The maximum Gasteiger partial charge on any atom is 0.118 e. The van der Waals surface area contributed by atoms with Gasteiger partial charge in [0.1, 0.15) is 5.75 Å². The molecular weight excluding hydrogens is 305 g/mol. The summed E-state index contributed by atoms with van der Waals surface area (Å²) < 4.78 is 5.16. The van der Waals surface area contributed by atoms with Crippen LogP contribution >= 0.6 is 23.2 Å². The van der Waals surface area contributed by atoms with Gasteiger partial charge in [0.2, 0.25) is 0 Å². The van der Waals surface area contributed by atoms with E-state index in [1.165, 1.54) is 5.56 Å². The molecule has 0 bridgehead atoms. The largest absolute Gasteiger partial charge is 0.497 e. The fourth-order valence-corrected chi connectivity index (χ4v) is 2.71. The Labute approximate surface area is 135 Å². The summed E-state index contributed by atoms with van der Waals surface area (Å²) in [6.45, 7) is 2.04. The second kappa shape index (κ2) is 6.69. The summed E-state index contributed by atoms with van der Waals surface area (Å²) in [5.74, 6) is 0.849. The number of rotatable bonds is 5. The highest BCUT2D eigenvalue weighted by Crippen LogP contribution is 2.25. The molecule has 0 saturated carbocycles. The number of hydrogen-bond acceptors (Lipinski definition) is 2. The second-order valence-corrected chi connectivity index (χ2v) is 6.42. The van der Waals surface area contributed by atoms with Crippen molar-refractivity contribution in [2.75, 3.05) is 7.11 Å². The normalized spacial score (nSPS) is 13.8. The number of hydrogen-bond donors (Lipinski definition) is 1. The molecular formula is C17H19Cl2NO. The molecule has 0 fully saturated rings. The molecule has 0 amide bonds. The van der Waals surface area contributed by atoms with Crippen molar-refractivity contribution in [2.24, 2.45) is 5.73 Å². The lowest BCUT2D eigenvalue weighted by Gasteiger charge is -2.25. The average molecular weight is 324 g/mol. The van der Waals surface area contributed by atoms with Gasteiger partial charge >= 0.3 is 0 Å². The molecule has 0 aliphatic rings. The highest BCUT2D eigenvalue weighted by Gasteiger charge is 2.20. The van der Waals surface area contributed by atoms with Crippen LogP contribution in [0.25, 0.3) is 0 Å². The zero-order valence-corrected chi connectivity index (χ0v) is 13.7. The average Bonchev–Trinajstić information content (AvgIpc) is 2.43. The molecule has 0 spiro atoms. The lowest BCUT2D eigenvalue weighted by molar-refractivity contribution is 0.414. The van der Waals surface area contributed by atoms with Gasteiger partial charge in [0.15, 0.2) is 0 Å². The van der Waals surface area contributed by atoms with E-state index in [9.17, 15) is 0 Å². The molecule has 2 aromatic carbocycles. The van der Waals surface area contributed by atoms with Crippen LogP contribution in [-0.4, -0.2) is 12.6 Å². The zero-order valence-electron chi connectivity index (χ0n) is 12.2. The summed E-state index contributed by atoms with van der Waals surface area (Å²) in [4.78, 5) is 0. The van der Waals surface area contributed by atoms with Crippen molar-refractivity contribution in [3.63, 3.8) is 0 Å².